The first-order valence-electron chi connectivity index (χ1n) is 7.55. The molecule has 0 aliphatic carbocycles. The van der Waals surface area contributed by atoms with Crippen molar-refractivity contribution in [3.05, 3.63) is 0 Å². The number of imide groups is 1. The molecule has 3 amide bonds. The number of carbonyl (C=O) groups is 2. The molecule has 3 atom stereocenters. The summed E-state index contributed by atoms with van der Waals surface area (Å²) in [6, 6.07) is -0.169. The second-order valence-electron chi connectivity index (χ2n) is 5.45. The van der Waals surface area contributed by atoms with Crippen molar-refractivity contribution in [3.63, 3.8) is 0 Å². The summed E-state index contributed by atoms with van der Waals surface area (Å²) in [7, 11) is 0. The fraction of sp³-hybridized carbons (Fsp3) is 0.857. The first-order chi connectivity index (χ1) is 9.49. The molecule has 1 heterocycles. The van der Waals surface area contributed by atoms with E-state index in [2.05, 4.69) is 34.7 Å². The summed E-state index contributed by atoms with van der Waals surface area (Å²) in [4.78, 5) is 25.5. The predicted molar refractivity (Wildman–Crippen MR) is 79.5 cm³/mol. The average Bonchev–Trinajstić information content (AvgIpc) is 2.40. The van der Waals surface area contributed by atoms with Crippen LogP contribution in [0.1, 0.15) is 34.1 Å². The molecule has 0 aromatic carbocycles. The Labute approximate surface area is 121 Å². The summed E-state index contributed by atoms with van der Waals surface area (Å²) < 4.78 is 0. The molecule has 20 heavy (non-hydrogen) atoms. The summed E-state index contributed by atoms with van der Waals surface area (Å²) in [5, 5.41) is 8.43. The number of hydrogen-bond donors (Lipinski definition) is 3. The maximum atomic E-state index is 12.0. The smallest absolute Gasteiger partial charge is 0.321 e. The van der Waals surface area contributed by atoms with Gasteiger partial charge in [-0.1, -0.05) is 13.8 Å². The van der Waals surface area contributed by atoms with Crippen LogP contribution in [0.5, 0.6) is 0 Å². The zero-order valence-corrected chi connectivity index (χ0v) is 13.0. The van der Waals surface area contributed by atoms with E-state index in [4.69, 9.17) is 0 Å². The van der Waals surface area contributed by atoms with E-state index in [9.17, 15) is 9.59 Å². The third kappa shape index (κ3) is 4.76. The molecule has 0 saturated carbocycles. The van der Waals surface area contributed by atoms with Crippen LogP contribution in [0.2, 0.25) is 0 Å². The second kappa shape index (κ2) is 8.21. The second-order valence-corrected chi connectivity index (χ2v) is 5.45. The van der Waals surface area contributed by atoms with E-state index in [1.54, 1.807) is 0 Å². The molecule has 1 fully saturated rings. The van der Waals surface area contributed by atoms with Crippen LogP contribution in [-0.4, -0.2) is 55.1 Å². The molecule has 6 nitrogen and oxygen atoms in total. The minimum absolute atomic E-state index is 0.231. The van der Waals surface area contributed by atoms with E-state index in [0.29, 0.717) is 18.5 Å². The Morgan fingerprint density at radius 3 is 2.55 bits per heavy atom. The lowest BCUT2D eigenvalue weighted by Crippen LogP contribution is -2.55. The first kappa shape index (κ1) is 16.9. The highest BCUT2D eigenvalue weighted by atomic mass is 16.2. The van der Waals surface area contributed by atoms with Crippen molar-refractivity contribution in [2.75, 3.05) is 26.2 Å². The van der Waals surface area contributed by atoms with Gasteiger partial charge in [0.1, 0.15) is 0 Å². The molecule has 0 spiro atoms. The predicted octanol–water partition coefficient (Wildman–Crippen LogP) is 0.541. The molecule has 1 rings (SSSR count). The number of urea groups is 1. The van der Waals surface area contributed by atoms with Crippen molar-refractivity contribution < 1.29 is 9.59 Å². The summed E-state index contributed by atoms with van der Waals surface area (Å²) in [6.45, 7) is 11.2. The van der Waals surface area contributed by atoms with Crippen LogP contribution in [0.25, 0.3) is 0 Å². The van der Waals surface area contributed by atoms with Crippen LogP contribution in [0.15, 0.2) is 0 Å². The Hall–Kier alpha value is -1.14. The Morgan fingerprint density at radius 2 is 2.00 bits per heavy atom. The highest BCUT2D eigenvalue weighted by Gasteiger charge is 2.30. The zero-order chi connectivity index (χ0) is 15.1. The number of amides is 3. The molecule has 3 N–H and O–H groups in total. The Balaban J connectivity index is 2.46. The standard InChI is InChI=1S/C14H28N4O2/c1-5-15-12-7-8-18(9-10(12)3)11(4)13(19)17-14(20)16-6-2/h10-12,15H,5-9H2,1-4H3,(H2,16,17,19,20). The summed E-state index contributed by atoms with van der Waals surface area (Å²) >= 11 is 0. The number of rotatable bonds is 5. The average molecular weight is 284 g/mol. The van der Waals surface area contributed by atoms with Gasteiger partial charge in [-0.15, -0.1) is 0 Å². The molecule has 1 aliphatic rings. The van der Waals surface area contributed by atoms with Crippen molar-refractivity contribution in [1.29, 1.82) is 0 Å². The van der Waals surface area contributed by atoms with E-state index in [0.717, 1.165) is 26.1 Å². The number of nitrogens with one attached hydrogen (secondary N) is 3. The number of piperidine rings is 1. The minimum Gasteiger partial charge on any atom is -0.338 e. The molecule has 0 aromatic rings. The molecule has 0 radical (unpaired) electrons. The van der Waals surface area contributed by atoms with E-state index < -0.39 is 6.03 Å². The summed E-state index contributed by atoms with van der Waals surface area (Å²) in [5.74, 6) is 0.272. The van der Waals surface area contributed by atoms with Gasteiger partial charge < -0.3 is 10.6 Å². The molecule has 1 saturated heterocycles. The van der Waals surface area contributed by atoms with Gasteiger partial charge in [0.2, 0.25) is 5.91 Å². The topological polar surface area (TPSA) is 73.5 Å². The van der Waals surface area contributed by atoms with Gasteiger partial charge in [0.25, 0.3) is 0 Å². The molecule has 0 bridgehead atoms. The Kier molecular flexibility index (Phi) is 6.95. The van der Waals surface area contributed by atoms with Crippen molar-refractivity contribution in [2.45, 2.75) is 46.2 Å². The lowest BCUT2D eigenvalue weighted by atomic mass is 9.93. The molecule has 6 heteroatoms. The number of carbonyl (C=O) groups excluding carboxylic acids is 2. The van der Waals surface area contributed by atoms with E-state index in [1.807, 2.05) is 13.8 Å². The highest BCUT2D eigenvalue weighted by Crippen LogP contribution is 2.18. The van der Waals surface area contributed by atoms with Crippen molar-refractivity contribution in [3.8, 4) is 0 Å². The number of hydrogen-bond acceptors (Lipinski definition) is 4. The normalized spacial score (nSPS) is 25.0. The summed E-state index contributed by atoms with van der Waals surface area (Å²) in [5.41, 5.74) is 0. The largest absolute Gasteiger partial charge is 0.338 e. The fourth-order valence-corrected chi connectivity index (χ4v) is 2.68. The lowest BCUT2D eigenvalue weighted by Gasteiger charge is -2.39. The Bertz CT molecular complexity index is 335. The van der Waals surface area contributed by atoms with E-state index >= 15 is 0 Å². The van der Waals surface area contributed by atoms with Gasteiger partial charge in [-0.25, -0.2) is 4.79 Å². The van der Waals surface area contributed by atoms with E-state index in [-0.39, 0.29) is 11.9 Å². The van der Waals surface area contributed by atoms with Crippen LogP contribution in [0.3, 0.4) is 0 Å². The molecule has 1 aliphatic heterocycles. The van der Waals surface area contributed by atoms with Gasteiger partial charge in [-0.05, 0) is 32.7 Å². The lowest BCUT2D eigenvalue weighted by molar-refractivity contribution is -0.125. The quantitative estimate of drug-likeness (QED) is 0.689. The Morgan fingerprint density at radius 1 is 1.30 bits per heavy atom. The number of nitrogens with zero attached hydrogens (tertiary/aromatic N) is 1. The van der Waals surface area contributed by atoms with Crippen LogP contribution >= 0.6 is 0 Å². The molecule has 116 valence electrons. The number of likely N-dealkylation sites (tertiary alicyclic amines) is 1. The summed E-state index contributed by atoms with van der Waals surface area (Å²) in [6.07, 6.45) is 1.04. The van der Waals surface area contributed by atoms with Crippen LogP contribution in [-0.2, 0) is 4.79 Å². The van der Waals surface area contributed by atoms with Crippen molar-refractivity contribution >= 4 is 11.9 Å². The van der Waals surface area contributed by atoms with Gasteiger partial charge >= 0.3 is 6.03 Å². The van der Waals surface area contributed by atoms with Gasteiger partial charge in [0, 0.05) is 25.7 Å². The molecular weight excluding hydrogens is 256 g/mol. The molecular formula is C14H28N4O2. The SMILES string of the molecule is CCNC(=O)NC(=O)C(C)N1CCC(NCC)C(C)C1. The van der Waals surface area contributed by atoms with E-state index in [1.165, 1.54) is 0 Å². The van der Waals surface area contributed by atoms with Gasteiger partial charge in [0.05, 0.1) is 6.04 Å². The van der Waals surface area contributed by atoms with Crippen LogP contribution < -0.4 is 16.0 Å². The highest BCUT2D eigenvalue weighted by molar-refractivity contribution is 5.96. The van der Waals surface area contributed by atoms with Gasteiger partial charge in [-0.2, -0.15) is 0 Å². The monoisotopic (exact) mass is 284 g/mol. The molecule has 3 unspecified atom stereocenters. The minimum atomic E-state index is -0.417. The maximum absolute atomic E-state index is 12.0. The van der Waals surface area contributed by atoms with Gasteiger partial charge in [0.15, 0.2) is 0 Å². The van der Waals surface area contributed by atoms with Crippen LogP contribution in [0.4, 0.5) is 4.79 Å². The maximum Gasteiger partial charge on any atom is 0.321 e. The third-order valence-corrected chi connectivity index (χ3v) is 3.90. The van der Waals surface area contributed by atoms with Crippen molar-refractivity contribution in [2.24, 2.45) is 5.92 Å². The van der Waals surface area contributed by atoms with Crippen LogP contribution in [0, 0.1) is 5.92 Å². The zero-order valence-electron chi connectivity index (χ0n) is 13.0. The first-order valence-corrected chi connectivity index (χ1v) is 7.55. The fourth-order valence-electron chi connectivity index (χ4n) is 2.68. The van der Waals surface area contributed by atoms with Crippen molar-refractivity contribution in [1.82, 2.24) is 20.9 Å². The van der Waals surface area contributed by atoms with Gasteiger partial charge in [-0.3, -0.25) is 15.0 Å². The third-order valence-electron chi connectivity index (χ3n) is 3.90. The molecule has 0 aromatic heterocycles.